The number of fused-ring (bicyclic) bond motifs is 1. The highest BCUT2D eigenvalue weighted by molar-refractivity contribution is 6.01. The van der Waals surface area contributed by atoms with Gasteiger partial charge in [0, 0.05) is 32.8 Å². The van der Waals surface area contributed by atoms with Gasteiger partial charge in [0.25, 0.3) is 0 Å². The molecule has 3 aromatic carbocycles. The first-order valence-corrected chi connectivity index (χ1v) is 13.9. The molecule has 4 aromatic rings. The molecule has 4 rings (SSSR count). The van der Waals surface area contributed by atoms with Crippen LogP contribution in [0.3, 0.4) is 0 Å². The van der Waals surface area contributed by atoms with Crippen LogP contribution in [0.5, 0.6) is 5.75 Å². The molecule has 0 saturated carbocycles. The van der Waals surface area contributed by atoms with Crippen molar-refractivity contribution in [3.05, 3.63) is 107 Å². The van der Waals surface area contributed by atoms with Crippen molar-refractivity contribution in [1.82, 2.24) is 20.4 Å². The van der Waals surface area contributed by atoms with Gasteiger partial charge in [0.15, 0.2) is 0 Å². The Kier molecular flexibility index (Phi) is 10.6. The van der Waals surface area contributed by atoms with Crippen molar-refractivity contribution in [1.29, 1.82) is 0 Å². The fraction of sp³-hybridized carbons (Fsp3) is 0.273. The number of nitrogens with one attached hydrogen (secondary N) is 2. The number of aliphatic hydroxyl groups excluding tert-OH is 1. The molecular weight excluding hydrogens is 538 g/mol. The van der Waals surface area contributed by atoms with Crippen LogP contribution in [-0.4, -0.2) is 66.0 Å². The minimum atomic E-state index is -0.490. The number of hydrogen-bond donors (Lipinski definition) is 3. The van der Waals surface area contributed by atoms with Gasteiger partial charge in [0.2, 0.25) is 11.9 Å². The first-order valence-electron chi connectivity index (χ1n) is 13.9. The minimum Gasteiger partial charge on any atom is -0.492 e. The van der Waals surface area contributed by atoms with E-state index in [2.05, 4.69) is 22.4 Å². The fourth-order valence-corrected chi connectivity index (χ4v) is 4.81. The van der Waals surface area contributed by atoms with Crippen LogP contribution in [0.1, 0.15) is 35.6 Å². The average Bonchev–Trinajstić information content (AvgIpc) is 3.36. The SMILES string of the molecule is CC/C(=C(/c1ccc(OCCNC/C=C/C(=O)N(C)CCO)cc1)c1ccc2n[nH]c(F)c2c1)c1ccc(F)cc1C. The molecule has 220 valence electrons. The molecule has 0 spiro atoms. The number of benzene rings is 3. The Balaban J connectivity index is 1.52. The third-order valence-corrected chi connectivity index (χ3v) is 6.99. The quantitative estimate of drug-likeness (QED) is 0.112. The number of amides is 1. The summed E-state index contributed by atoms with van der Waals surface area (Å²) in [5.41, 5.74) is 5.99. The number of ether oxygens (including phenoxy) is 1. The highest BCUT2D eigenvalue weighted by Gasteiger charge is 2.17. The number of carbonyl (C=O) groups excluding carboxylic acids is 1. The molecule has 9 heteroatoms. The molecule has 3 N–H and O–H groups in total. The molecule has 1 aromatic heterocycles. The van der Waals surface area contributed by atoms with Gasteiger partial charge in [-0.05, 0) is 83.1 Å². The standard InChI is InChI=1S/C33H36F2N4O3/c1-4-27(28-13-10-25(34)20-22(28)2)32(24-9-14-30-29(21-24)33(35)38-37-30)23-7-11-26(12-8-23)42-19-16-36-15-5-6-31(41)39(3)17-18-40/h5-14,20-21,36,40H,4,15-19H2,1-3H3,(H,37,38)/b6-5+,32-27+. The Morgan fingerprint density at radius 3 is 2.57 bits per heavy atom. The number of aryl methyl sites for hydroxylation is 1. The Bertz CT molecular complexity index is 1580. The van der Waals surface area contributed by atoms with Crippen molar-refractivity contribution in [2.45, 2.75) is 20.3 Å². The summed E-state index contributed by atoms with van der Waals surface area (Å²) in [5, 5.41) is 18.9. The van der Waals surface area contributed by atoms with E-state index in [4.69, 9.17) is 9.84 Å². The lowest BCUT2D eigenvalue weighted by atomic mass is 9.86. The Morgan fingerprint density at radius 1 is 1.10 bits per heavy atom. The zero-order valence-corrected chi connectivity index (χ0v) is 24.1. The number of aliphatic hydroxyl groups is 1. The summed E-state index contributed by atoms with van der Waals surface area (Å²) >= 11 is 0. The van der Waals surface area contributed by atoms with Crippen LogP contribution in [0.15, 0.2) is 72.8 Å². The van der Waals surface area contributed by atoms with E-state index in [1.807, 2.05) is 37.3 Å². The summed E-state index contributed by atoms with van der Waals surface area (Å²) in [5.74, 6) is -0.244. The van der Waals surface area contributed by atoms with Gasteiger partial charge >= 0.3 is 0 Å². The van der Waals surface area contributed by atoms with Gasteiger partial charge < -0.3 is 20.1 Å². The van der Waals surface area contributed by atoms with Crippen LogP contribution < -0.4 is 10.1 Å². The molecule has 7 nitrogen and oxygen atoms in total. The zero-order chi connectivity index (χ0) is 30.1. The first-order chi connectivity index (χ1) is 20.3. The molecule has 0 aliphatic carbocycles. The molecule has 1 amide bonds. The second-order valence-electron chi connectivity index (χ2n) is 9.90. The number of likely N-dealkylation sites (N-methyl/N-ethyl adjacent to an activating group) is 1. The summed E-state index contributed by atoms with van der Waals surface area (Å²) in [4.78, 5) is 13.3. The van der Waals surface area contributed by atoms with E-state index in [1.54, 1.807) is 31.3 Å². The van der Waals surface area contributed by atoms with E-state index in [9.17, 15) is 13.6 Å². The molecule has 0 unspecified atom stereocenters. The largest absolute Gasteiger partial charge is 0.492 e. The van der Waals surface area contributed by atoms with Gasteiger partial charge in [0.05, 0.1) is 17.5 Å². The summed E-state index contributed by atoms with van der Waals surface area (Å²) in [6, 6.07) is 18.0. The second-order valence-corrected chi connectivity index (χ2v) is 9.90. The van der Waals surface area contributed by atoms with Crippen molar-refractivity contribution >= 4 is 28.0 Å². The van der Waals surface area contributed by atoms with Gasteiger partial charge in [-0.2, -0.15) is 9.49 Å². The van der Waals surface area contributed by atoms with Crippen LogP contribution in [-0.2, 0) is 4.79 Å². The second kappa shape index (κ2) is 14.5. The van der Waals surface area contributed by atoms with Crippen LogP contribution in [0.25, 0.3) is 22.0 Å². The van der Waals surface area contributed by atoms with Crippen molar-refractivity contribution < 1.29 is 23.4 Å². The summed E-state index contributed by atoms with van der Waals surface area (Å²) in [6.07, 6.45) is 3.89. The van der Waals surface area contributed by atoms with Gasteiger partial charge in [0.1, 0.15) is 18.2 Å². The van der Waals surface area contributed by atoms with Gasteiger partial charge in [-0.15, -0.1) is 0 Å². The number of hydrogen-bond acceptors (Lipinski definition) is 5. The lowest BCUT2D eigenvalue weighted by Gasteiger charge is -2.18. The maximum Gasteiger partial charge on any atom is 0.246 e. The lowest BCUT2D eigenvalue weighted by molar-refractivity contribution is -0.125. The fourth-order valence-electron chi connectivity index (χ4n) is 4.81. The van der Waals surface area contributed by atoms with Crippen LogP contribution in [0.2, 0.25) is 0 Å². The summed E-state index contributed by atoms with van der Waals surface area (Å²) < 4.78 is 34.3. The first kappa shape index (κ1) is 30.6. The number of halogens is 2. The lowest BCUT2D eigenvalue weighted by Crippen LogP contribution is -2.28. The molecule has 0 aliphatic rings. The molecular formula is C33H36F2N4O3. The number of allylic oxidation sites excluding steroid dienone is 1. The highest BCUT2D eigenvalue weighted by atomic mass is 19.1. The van der Waals surface area contributed by atoms with E-state index in [0.717, 1.165) is 33.4 Å². The predicted octanol–water partition coefficient (Wildman–Crippen LogP) is 5.49. The maximum atomic E-state index is 14.4. The zero-order valence-electron chi connectivity index (χ0n) is 24.1. The minimum absolute atomic E-state index is 0.0705. The molecule has 0 bridgehead atoms. The van der Waals surface area contributed by atoms with Gasteiger partial charge in [-0.25, -0.2) is 4.39 Å². The predicted molar refractivity (Wildman–Crippen MR) is 162 cm³/mol. The number of aromatic amines is 1. The van der Waals surface area contributed by atoms with Crippen molar-refractivity contribution in [3.8, 4) is 5.75 Å². The monoisotopic (exact) mass is 574 g/mol. The van der Waals surface area contributed by atoms with E-state index in [-0.39, 0.29) is 18.3 Å². The van der Waals surface area contributed by atoms with Gasteiger partial charge in [-0.3, -0.25) is 9.89 Å². The van der Waals surface area contributed by atoms with E-state index in [1.165, 1.54) is 23.1 Å². The smallest absolute Gasteiger partial charge is 0.246 e. The Labute approximate surface area is 244 Å². The summed E-state index contributed by atoms with van der Waals surface area (Å²) in [6.45, 7) is 5.69. The Hall–Kier alpha value is -4.34. The number of H-pyrrole nitrogens is 1. The highest BCUT2D eigenvalue weighted by Crippen LogP contribution is 2.37. The third-order valence-electron chi connectivity index (χ3n) is 6.99. The normalized spacial score (nSPS) is 12.1. The number of carbonyl (C=O) groups is 1. The van der Waals surface area contributed by atoms with Crippen molar-refractivity contribution in [3.63, 3.8) is 0 Å². The average molecular weight is 575 g/mol. The topological polar surface area (TPSA) is 90.5 Å². The maximum absolute atomic E-state index is 14.4. The molecule has 1 heterocycles. The van der Waals surface area contributed by atoms with Gasteiger partial charge in [-0.1, -0.05) is 37.3 Å². The Morgan fingerprint density at radius 2 is 1.86 bits per heavy atom. The van der Waals surface area contributed by atoms with Crippen LogP contribution in [0, 0.1) is 18.7 Å². The molecule has 42 heavy (non-hydrogen) atoms. The van der Waals surface area contributed by atoms with E-state index < -0.39 is 5.95 Å². The van der Waals surface area contributed by atoms with Crippen molar-refractivity contribution in [2.24, 2.45) is 0 Å². The molecule has 0 aliphatic heterocycles. The van der Waals surface area contributed by atoms with Crippen LogP contribution >= 0.6 is 0 Å². The third kappa shape index (κ3) is 7.48. The van der Waals surface area contributed by atoms with E-state index in [0.29, 0.717) is 49.3 Å². The molecule has 0 radical (unpaired) electrons. The number of aromatic nitrogens is 2. The molecule has 0 saturated heterocycles. The summed E-state index contributed by atoms with van der Waals surface area (Å²) in [7, 11) is 1.64. The van der Waals surface area contributed by atoms with E-state index >= 15 is 0 Å². The van der Waals surface area contributed by atoms with Crippen LogP contribution in [0.4, 0.5) is 8.78 Å². The number of rotatable bonds is 13. The molecule has 0 atom stereocenters. The molecule has 0 fully saturated rings. The number of nitrogens with zero attached hydrogens (tertiary/aromatic N) is 2. The van der Waals surface area contributed by atoms with Crippen molar-refractivity contribution in [2.75, 3.05) is 39.9 Å².